The number of aryl methyl sites for hydroxylation is 1. The van der Waals surface area contributed by atoms with Crippen molar-refractivity contribution in [2.24, 2.45) is 14.1 Å². The number of methoxy groups -OCH3 is 1. The van der Waals surface area contributed by atoms with Crippen LogP contribution in [0.25, 0.3) is 27.8 Å². The zero-order valence-corrected chi connectivity index (χ0v) is 20.4. The highest BCUT2D eigenvalue weighted by atomic mass is 16.5. The molecule has 0 fully saturated rings. The fourth-order valence-electron chi connectivity index (χ4n) is 5.26. The third kappa shape index (κ3) is 3.10. The van der Waals surface area contributed by atoms with E-state index in [1.807, 2.05) is 53.1 Å². The fraction of sp³-hybridized carbons (Fsp3) is 0.143. The molecular formula is C28H24N4O5. The minimum atomic E-state index is -0.686. The molecule has 0 unspecified atom stereocenters. The standard InChI is InChI=1S/C28H24N4O5/c1-30-24-21(27(35)31(2)28(30)36)23(15-11-13-16(37-3)14-12-15)32-19-9-5-4-8-18(19)29-22(25(24)32)17-7-6-10-20(33)26(17)34/h4-14,22,29,33-34H,1-3H3/t22-/m1/s1. The van der Waals surface area contributed by atoms with Crippen LogP contribution in [0, 0.1) is 0 Å². The number of hydrogen-bond donors (Lipinski definition) is 3. The van der Waals surface area contributed by atoms with E-state index in [9.17, 15) is 19.8 Å². The Morgan fingerprint density at radius 2 is 1.62 bits per heavy atom. The molecule has 1 aliphatic heterocycles. The van der Waals surface area contributed by atoms with Crippen molar-refractivity contribution in [1.82, 2.24) is 13.7 Å². The molecule has 186 valence electrons. The number of benzene rings is 3. The molecule has 3 aromatic carbocycles. The number of rotatable bonds is 3. The van der Waals surface area contributed by atoms with Crippen molar-refractivity contribution in [3.05, 3.63) is 98.8 Å². The maximum absolute atomic E-state index is 13.7. The predicted molar refractivity (Wildman–Crippen MR) is 141 cm³/mol. The normalized spacial score (nSPS) is 14.2. The smallest absolute Gasteiger partial charge is 0.331 e. The summed E-state index contributed by atoms with van der Waals surface area (Å²) < 4.78 is 9.86. The molecule has 2 aromatic heterocycles. The molecular weight excluding hydrogens is 472 g/mol. The maximum Gasteiger partial charge on any atom is 0.331 e. The molecule has 0 saturated carbocycles. The first-order valence-electron chi connectivity index (χ1n) is 11.7. The number of hydrogen-bond acceptors (Lipinski definition) is 6. The van der Waals surface area contributed by atoms with Gasteiger partial charge in [0.25, 0.3) is 5.56 Å². The van der Waals surface area contributed by atoms with Gasteiger partial charge in [0.05, 0.1) is 46.8 Å². The van der Waals surface area contributed by atoms with Crippen molar-refractivity contribution < 1.29 is 14.9 Å². The zero-order chi connectivity index (χ0) is 26.0. The van der Waals surface area contributed by atoms with E-state index < -0.39 is 17.3 Å². The third-order valence-electron chi connectivity index (χ3n) is 7.05. The highest BCUT2D eigenvalue weighted by Crippen LogP contribution is 2.47. The number of phenols is 2. The van der Waals surface area contributed by atoms with Gasteiger partial charge in [-0.15, -0.1) is 0 Å². The lowest BCUT2D eigenvalue weighted by Crippen LogP contribution is -2.37. The SMILES string of the molecule is COc1ccc(-c2c3c(=O)n(C)c(=O)n(C)c3c3n2-c2ccccc2N[C@@H]3c2cccc(O)c2O)cc1. The minimum Gasteiger partial charge on any atom is -0.504 e. The van der Waals surface area contributed by atoms with Crippen LogP contribution in [0.3, 0.4) is 0 Å². The second-order valence-corrected chi connectivity index (χ2v) is 9.04. The average Bonchev–Trinajstić information content (AvgIpc) is 3.28. The Kier molecular flexibility index (Phi) is 4.91. The molecule has 0 saturated heterocycles. The van der Waals surface area contributed by atoms with Crippen LogP contribution in [0.1, 0.15) is 17.3 Å². The van der Waals surface area contributed by atoms with Gasteiger partial charge in [-0.3, -0.25) is 13.9 Å². The van der Waals surface area contributed by atoms with E-state index in [-0.39, 0.29) is 11.5 Å². The van der Waals surface area contributed by atoms with E-state index in [4.69, 9.17) is 4.74 Å². The Morgan fingerprint density at radius 1 is 0.892 bits per heavy atom. The molecule has 6 rings (SSSR count). The second kappa shape index (κ2) is 8.06. The number of fused-ring (bicyclic) bond motifs is 5. The summed E-state index contributed by atoms with van der Waals surface area (Å²) in [5, 5.41) is 25.0. The quantitative estimate of drug-likeness (QED) is 0.329. The van der Waals surface area contributed by atoms with Crippen molar-refractivity contribution in [2.45, 2.75) is 6.04 Å². The van der Waals surface area contributed by atoms with E-state index >= 15 is 0 Å². The maximum atomic E-state index is 13.7. The number of ether oxygens (including phenoxy) is 1. The molecule has 9 nitrogen and oxygen atoms in total. The van der Waals surface area contributed by atoms with Crippen LogP contribution in [0.2, 0.25) is 0 Å². The molecule has 0 aliphatic carbocycles. The molecule has 37 heavy (non-hydrogen) atoms. The predicted octanol–water partition coefficient (Wildman–Crippen LogP) is 3.63. The van der Waals surface area contributed by atoms with Gasteiger partial charge in [-0.2, -0.15) is 0 Å². The molecule has 0 spiro atoms. The number of anilines is 1. The van der Waals surface area contributed by atoms with Gasteiger partial charge in [0, 0.05) is 19.7 Å². The molecule has 1 aliphatic rings. The lowest BCUT2D eigenvalue weighted by Gasteiger charge is -2.31. The highest BCUT2D eigenvalue weighted by molar-refractivity contribution is 5.99. The van der Waals surface area contributed by atoms with Crippen molar-refractivity contribution in [3.63, 3.8) is 0 Å². The fourth-order valence-corrected chi connectivity index (χ4v) is 5.26. The molecule has 0 radical (unpaired) electrons. The Morgan fingerprint density at radius 3 is 2.35 bits per heavy atom. The van der Waals surface area contributed by atoms with E-state index in [0.717, 1.165) is 21.5 Å². The van der Waals surface area contributed by atoms with Gasteiger partial charge in [0.15, 0.2) is 11.5 Å². The second-order valence-electron chi connectivity index (χ2n) is 9.04. The number of nitrogens with one attached hydrogen (secondary N) is 1. The monoisotopic (exact) mass is 496 g/mol. The topological polar surface area (TPSA) is 111 Å². The lowest BCUT2D eigenvalue weighted by atomic mass is 9.98. The minimum absolute atomic E-state index is 0.263. The average molecular weight is 497 g/mol. The van der Waals surface area contributed by atoms with Gasteiger partial charge in [0.1, 0.15) is 5.75 Å². The lowest BCUT2D eigenvalue weighted by molar-refractivity contribution is 0.398. The molecule has 5 aromatic rings. The van der Waals surface area contributed by atoms with Gasteiger partial charge in [-0.05, 0) is 48.0 Å². The van der Waals surface area contributed by atoms with E-state index in [1.54, 1.807) is 26.3 Å². The van der Waals surface area contributed by atoms with Crippen molar-refractivity contribution in [2.75, 3.05) is 12.4 Å². The van der Waals surface area contributed by atoms with Crippen LogP contribution < -0.4 is 21.3 Å². The number of para-hydroxylation sites is 3. The first-order valence-corrected chi connectivity index (χ1v) is 11.7. The molecule has 0 bridgehead atoms. The summed E-state index contributed by atoms with van der Waals surface area (Å²) in [4.78, 5) is 26.8. The number of aromatic hydroxyl groups is 2. The summed E-state index contributed by atoms with van der Waals surface area (Å²) in [6, 6.07) is 19.1. The van der Waals surface area contributed by atoms with E-state index in [2.05, 4.69) is 5.32 Å². The van der Waals surface area contributed by atoms with Gasteiger partial charge >= 0.3 is 5.69 Å². The van der Waals surface area contributed by atoms with Gasteiger partial charge in [0.2, 0.25) is 0 Å². The van der Waals surface area contributed by atoms with Crippen molar-refractivity contribution >= 4 is 16.6 Å². The van der Waals surface area contributed by atoms with Crippen LogP contribution in [0.5, 0.6) is 17.2 Å². The number of nitrogens with zero attached hydrogens (tertiary/aromatic N) is 3. The Labute approximate surface area is 211 Å². The summed E-state index contributed by atoms with van der Waals surface area (Å²) in [6.07, 6.45) is 0. The summed E-state index contributed by atoms with van der Waals surface area (Å²) >= 11 is 0. The molecule has 9 heteroatoms. The van der Waals surface area contributed by atoms with E-state index in [0.29, 0.717) is 33.6 Å². The van der Waals surface area contributed by atoms with Crippen LogP contribution in [-0.2, 0) is 14.1 Å². The zero-order valence-electron chi connectivity index (χ0n) is 20.4. The summed E-state index contributed by atoms with van der Waals surface area (Å²) in [6.45, 7) is 0. The molecule has 3 heterocycles. The van der Waals surface area contributed by atoms with Gasteiger partial charge in [-0.1, -0.05) is 24.3 Å². The van der Waals surface area contributed by atoms with Gasteiger partial charge in [-0.25, -0.2) is 4.79 Å². The van der Waals surface area contributed by atoms with Crippen LogP contribution >= 0.6 is 0 Å². The summed E-state index contributed by atoms with van der Waals surface area (Å²) in [5.74, 6) is 0.129. The van der Waals surface area contributed by atoms with E-state index in [1.165, 1.54) is 17.7 Å². The van der Waals surface area contributed by atoms with Crippen LogP contribution in [0.4, 0.5) is 5.69 Å². The summed E-state index contributed by atoms with van der Waals surface area (Å²) in [5.41, 5.74) is 3.46. The van der Waals surface area contributed by atoms with Crippen LogP contribution in [-0.4, -0.2) is 31.0 Å². The Balaban J connectivity index is 1.85. The van der Waals surface area contributed by atoms with Crippen LogP contribution in [0.15, 0.2) is 76.3 Å². The first kappa shape index (κ1) is 22.5. The number of phenolic OH excluding ortho intramolecular Hbond substituents is 2. The molecule has 0 amide bonds. The molecule has 3 N–H and O–H groups in total. The Hall–Kier alpha value is -4.92. The van der Waals surface area contributed by atoms with Crippen molar-refractivity contribution in [1.29, 1.82) is 0 Å². The summed E-state index contributed by atoms with van der Waals surface area (Å²) in [7, 11) is 4.68. The largest absolute Gasteiger partial charge is 0.504 e. The number of aromatic nitrogens is 3. The Bertz CT molecular complexity index is 1830. The van der Waals surface area contributed by atoms with Gasteiger partial charge < -0.3 is 24.8 Å². The van der Waals surface area contributed by atoms with Crippen molar-refractivity contribution in [3.8, 4) is 34.2 Å². The highest BCUT2D eigenvalue weighted by Gasteiger charge is 2.36. The molecule has 1 atom stereocenters. The third-order valence-corrected chi connectivity index (χ3v) is 7.05. The first-order chi connectivity index (χ1) is 17.8.